The van der Waals surface area contributed by atoms with Crippen molar-refractivity contribution in [3.8, 4) is 0 Å². The van der Waals surface area contributed by atoms with Crippen molar-refractivity contribution in [2.45, 2.75) is 33.6 Å². The van der Waals surface area contributed by atoms with Gasteiger partial charge >= 0.3 is 0 Å². The lowest BCUT2D eigenvalue weighted by Crippen LogP contribution is -1.95. The van der Waals surface area contributed by atoms with Gasteiger partial charge in [0.15, 0.2) is 0 Å². The van der Waals surface area contributed by atoms with Gasteiger partial charge < -0.3 is 0 Å². The summed E-state index contributed by atoms with van der Waals surface area (Å²) in [5, 5.41) is 1.19. The molecule has 0 unspecified atom stereocenters. The van der Waals surface area contributed by atoms with Crippen molar-refractivity contribution in [3.05, 3.63) is 35.3 Å². The Morgan fingerprint density at radius 2 is 1.67 bits per heavy atom. The average Bonchev–Trinajstić information content (AvgIpc) is 2.28. The van der Waals surface area contributed by atoms with Crippen molar-refractivity contribution in [1.29, 1.82) is 0 Å². The zero-order valence-electron chi connectivity index (χ0n) is 9.54. The van der Waals surface area contributed by atoms with Crippen LogP contribution in [0.15, 0.2) is 18.5 Å². The van der Waals surface area contributed by atoms with E-state index in [0.717, 1.165) is 24.1 Å². The Hall–Kier alpha value is -1.44. The SMILES string of the molecule is CCc1cc2ncnc(C)c2cc1CC. The second-order valence-electron chi connectivity index (χ2n) is 3.80. The number of aromatic nitrogens is 2. The highest BCUT2D eigenvalue weighted by molar-refractivity contribution is 5.82. The largest absolute Gasteiger partial charge is 0.241 e. The lowest BCUT2D eigenvalue weighted by atomic mass is 9.99. The molecule has 0 amide bonds. The third-order valence-electron chi connectivity index (χ3n) is 2.92. The molecule has 78 valence electrons. The standard InChI is InChI=1S/C13H16N2/c1-4-10-6-12-9(3)14-8-15-13(12)7-11(10)5-2/h6-8H,4-5H2,1-3H3. The number of benzene rings is 1. The summed E-state index contributed by atoms with van der Waals surface area (Å²) in [4.78, 5) is 8.54. The highest BCUT2D eigenvalue weighted by Crippen LogP contribution is 2.21. The molecule has 1 aromatic carbocycles. The van der Waals surface area contributed by atoms with E-state index < -0.39 is 0 Å². The summed E-state index contributed by atoms with van der Waals surface area (Å²) in [6.07, 6.45) is 3.79. The number of aryl methyl sites for hydroxylation is 3. The Kier molecular flexibility index (Phi) is 2.67. The molecule has 15 heavy (non-hydrogen) atoms. The zero-order chi connectivity index (χ0) is 10.8. The molecule has 0 atom stereocenters. The van der Waals surface area contributed by atoms with Gasteiger partial charge in [-0.15, -0.1) is 0 Å². The molecule has 2 nitrogen and oxygen atoms in total. The molecule has 0 radical (unpaired) electrons. The second-order valence-corrected chi connectivity index (χ2v) is 3.80. The summed E-state index contributed by atoms with van der Waals surface area (Å²) >= 11 is 0. The minimum atomic E-state index is 1.07. The fourth-order valence-electron chi connectivity index (χ4n) is 1.98. The number of hydrogen-bond acceptors (Lipinski definition) is 2. The molecule has 2 heteroatoms. The third kappa shape index (κ3) is 1.72. The van der Waals surface area contributed by atoms with Crippen LogP contribution in [0.5, 0.6) is 0 Å². The van der Waals surface area contributed by atoms with Crippen LogP contribution < -0.4 is 0 Å². The summed E-state index contributed by atoms with van der Waals surface area (Å²) in [7, 11) is 0. The van der Waals surface area contributed by atoms with Crippen LogP contribution in [0.4, 0.5) is 0 Å². The highest BCUT2D eigenvalue weighted by Gasteiger charge is 2.05. The molecule has 1 heterocycles. The summed E-state index contributed by atoms with van der Waals surface area (Å²) in [6, 6.07) is 4.44. The fourth-order valence-corrected chi connectivity index (χ4v) is 1.98. The maximum atomic E-state index is 4.31. The summed E-state index contributed by atoms with van der Waals surface area (Å²) in [6.45, 7) is 6.42. The quantitative estimate of drug-likeness (QED) is 0.744. The number of rotatable bonds is 2. The Labute approximate surface area is 90.4 Å². The van der Waals surface area contributed by atoms with Gasteiger partial charge in [-0.05, 0) is 43.0 Å². The van der Waals surface area contributed by atoms with E-state index in [9.17, 15) is 0 Å². The van der Waals surface area contributed by atoms with Gasteiger partial charge in [0.05, 0.1) is 5.52 Å². The molecule has 0 aliphatic carbocycles. The van der Waals surface area contributed by atoms with Crippen LogP contribution in [-0.2, 0) is 12.8 Å². The van der Waals surface area contributed by atoms with Gasteiger partial charge in [-0.2, -0.15) is 0 Å². The van der Waals surface area contributed by atoms with Crippen molar-refractivity contribution >= 4 is 10.9 Å². The van der Waals surface area contributed by atoms with Gasteiger partial charge in [0, 0.05) is 11.1 Å². The van der Waals surface area contributed by atoms with E-state index >= 15 is 0 Å². The molecule has 0 spiro atoms. The van der Waals surface area contributed by atoms with E-state index in [0.29, 0.717) is 0 Å². The van der Waals surface area contributed by atoms with Crippen LogP contribution in [0.1, 0.15) is 30.7 Å². The van der Waals surface area contributed by atoms with Gasteiger partial charge in [-0.1, -0.05) is 13.8 Å². The predicted molar refractivity (Wildman–Crippen MR) is 63.0 cm³/mol. The van der Waals surface area contributed by atoms with E-state index in [1.807, 2.05) is 6.92 Å². The Morgan fingerprint density at radius 1 is 1.00 bits per heavy atom. The van der Waals surface area contributed by atoms with Gasteiger partial charge in [0.2, 0.25) is 0 Å². The molecule has 2 rings (SSSR count). The van der Waals surface area contributed by atoms with Crippen LogP contribution in [0.3, 0.4) is 0 Å². The maximum absolute atomic E-state index is 4.31. The van der Waals surface area contributed by atoms with E-state index in [1.54, 1.807) is 6.33 Å². The first-order valence-electron chi connectivity index (χ1n) is 5.49. The number of hydrogen-bond donors (Lipinski definition) is 0. The van der Waals surface area contributed by atoms with E-state index in [4.69, 9.17) is 0 Å². The van der Waals surface area contributed by atoms with Gasteiger partial charge in [0.1, 0.15) is 6.33 Å². The first kappa shape index (κ1) is 10.1. The summed E-state index contributed by atoms with van der Waals surface area (Å²) in [5.41, 5.74) is 4.96. The second kappa shape index (κ2) is 3.97. The molecule has 0 saturated heterocycles. The molecular weight excluding hydrogens is 184 g/mol. The monoisotopic (exact) mass is 200 g/mol. The van der Waals surface area contributed by atoms with Crippen LogP contribution in [0.2, 0.25) is 0 Å². The minimum absolute atomic E-state index is 1.07. The van der Waals surface area contributed by atoms with E-state index in [-0.39, 0.29) is 0 Å². The van der Waals surface area contributed by atoms with Gasteiger partial charge in [-0.3, -0.25) is 0 Å². The Bertz CT molecular complexity index is 489. The number of fused-ring (bicyclic) bond motifs is 1. The van der Waals surface area contributed by atoms with Crippen LogP contribution >= 0.6 is 0 Å². The van der Waals surface area contributed by atoms with Crippen LogP contribution in [0, 0.1) is 6.92 Å². The molecule has 0 saturated carbocycles. The normalized spacial score (nSPS) is 10.9. The lowest BCUT2D eigenvalue weighted by Gasteiger charge is -2.08. The smallest absolute Gasteiger partial charge is 0.116 e. The molecule has 1 aromatic heterocycles. The van der Waals surface area contributed by atoms with Crippen LogP contribution in [-0.4, -0.2) is 9.97 Å². The maximum Gasteiger partial charge on any atom is 0.116 e. The number of nitrogens with zero attached hydrogens (tertiary/aromatic N) is 2. The van der Waals surface area contributed by atoms with Crippen molar-refractivity contribution in [2.75, 3.05) is 0 Å². The minimum Gasteiger partial charge on any atom is -0.241 e. The summed E-state index contributed by atoms with van der Waals surface area (Å²) < 4.78 is 0. The molecule has 0 aliphatic rings. The topological polar surface area (TPSA) is 25.8 Å². The third-order valence-corrected chi connectivity index (χ3v) is 2.92. The molecule has 0 aliphatic heterocycles. The fraction of sp³-hybridized carbons (Fsp3) is 0.385. The Morgan fingerprint density at radius 3 is 2.33 bits per heavy atom. The van der Waals surface area contributed by atoms with Crippen LogP contribution in [0.25, 0.3) is 10.9 Å². The van der Waals surface area contributed by atoms with Gasteiger partial charge in [0.25, 0.3) is 0 Å². The molecule has 0 N–H and O–H groups in total. The highest BCUT2D eigenvalue weighted by atomic mass is 14.8. The lowest BCUT2D eigenvalue weighted by molar-refractivity contribution is 1.04. The summed E-state index contributed by atoms with van der Waals surface area (Å²) in [5.74, 6) is 0. The van der Waals surface area contributed by atoms with Gasteiger partial charge in [-0.25, -0.2) is 9.97 Å². The van der Waals surface area contributed by atoms with Crippen molar-refractivity contribution in [3.63, 3.8) is 0 Å². The molecular formula is C13H16N2. The zero-order valence-corrected chi connectivity index (χ0v) is 9.54. The molecule has 0 bridgehead atoms. The Balaban J connectivity index is 2.75. The van der Waals surface area contributed by atoms with E-state index in [1.165, 1.54) is 16.5 Å². The van der Waals surface area contributed by atoms with E-state index in [2.05, 4.69) is 35.9 Å². The molecule has 0 fully saturated rings. The first-order valence-corrected chi connectivity index (χ1v) is 5.49. The average molecular weight is 200 g/mol. The van der Waals surface area contributed by atoms with Crippen molar-refractivity contribution in [2.24, 2.45) is 0 Å². The van der Waals surface area contributed by atoms with Crippen molar-refractivity contribution in [1.82, 2.24) is 9.97 Å². The van der Waals surface area contributed by atoms with Crippen molar-refractivity contribution < 1.29 is 0 Å². The predicted octanol–water partition coefficient (Wildman–Crippen LogP) is 3.06. The first-order chi connectivity index (χ1) is 7.26. The molecule has 2 aromatic rings.